The Hall–Kier alpha value is -2.50. The molecule has 0 radical (unpaired) electrons. The molecule has 1 aromatic heterocycles. The molecule has 3 rings (SSSR count). The number of carbonyl (C=O) groups is 2. The molecule has 1 unspecified atom stereocenters. The molecule has 1 aliphatic rings. The number of fused-ring (bicyclic) bond motifs is 1. The highest BCUT2D eigenvalue weighted by Crippen LogP contribution is 2.25. The quantitative estimate of drug-likeness (QED) is 0.902. The number of benzene rings is 1. The van der Waals surface area contributed by atoms with Gasteiger partial charge in [-0.15, -0.1) is 0 Å². The minimum absolute atomic E-state index is 0.145. The van der Waals surface area contributed by atoms with E-state index >= 15 is 0 Å². The summed E-state index contributed by atoms with van der Waals surface area (Å²) in [7, 11) is 1.60. The van der Waals surface area contributed by atoms with Gasteiger partial charge in [0.1, 0.15) is 11.8 Å². The molecule has 1 amide bonds. The molecule has 1 fully saturated rings. The van der Waals surface area contributed by atoms with E-state index < -0.39 is 12.0 Å². The highest BCUT2D eigenvalue weighted by Gasteiger charge is 2.33. The first kappa shape index (κ1) is 14.4. The first-order chi connectivity index (χ1) is 10.6. The lowest BCUT2D eigenvalue weighted by Crippen LogP contribution is -2.41. The van der Waals surface area contributed by atoms with Crippen LogP contribution in [0.25, 0.3) is 10.9 Å². The number of aliphatic carboxylic acids is 1. The lowest BCUT2D eigenvalue weighted by molar-refractivity contribution is -0.147. The summed E-state index contributed by atoms with van der Waals surface area (Å²) in [5, 5.41) is 10.1. The fourth-order valence-corrected chi connectivity index (χ4v) is 3.02. The standard InChI is InChI=1S/C16H18N2O4/c1-22-11-4-5-13-12(8-11)10(9-17-13)7-15(19)18-6-2-3-14(18)16(20)21/h4-5,8-9,14,17H,2-3,6-7H2,1H3,(H,20,21). The van der Waals surface area contributed by atoms with Crippen molar-refractivity contribution in [3.63, 3.8) is 0 Å². The van der Waals surface area contributed by atoms with Crippen molar-refractivity contribution >= 4 is 22.8 Å². The van der Waals surface area contributed by atoms with Crippen molar-refractivity contribution < 1.29 is 19.4 Å². The average Bonchev–Trinajstić information content (AvgIpc) is 3.14. The van der Waals surface area contributed by atoms with Gasteiger partial charge in [0.25, 0.3) is 0 Å². The van der Waals surface area contributed by atoms with Crippen LogP contribution >= 0.6 is 0 Å². The maximum Gasteiger partial charge on any atom is 0.326 e. The van der Waals surface area contributed by atoms with Crippen LogP contribution in [0.15, 0.2) is 24.4 Å². The number of hydrogen-bond acceptors (Lipinski definition) is 3. The van der Waals surface area contributed by atoms with Gasteiger partial charge in [-0.3, -0.25) is 4.79 Å². The van der Waals surface area contributed by atoms with Crippen LogP contribution in [0.1, 0.15) is 18.4 Å². The zero-order chi connectivity index (χ0) is 15.7. The van der Waals surface area contributed by atoms with Crippen molar-refractivity contribution in [1.29, 1.82) is 0 Å². The molecule has 1 saturated heterocycles. The normalized spacial score (nSPS) is 17.9. The molecule has 2 N–H and O–H groups in total. The second-order valence-electron chi connectivity index (χ2n) is 5.49. The number of methoxy groups -OCH3 is 1. The molecule has 1 aliphatic heterocycles. The van der Waals surface area contributed by atoms with Gasteiger partial charge in [0.2, 0.25) is 5.91 Å². The summed E-state index contributed by atoms with van der Waals surface area (Å²) in [4.78, 5) is 28.2. The number of rotatable bonds is 4. The van der Waals surface area contributed by atoms with E-state index in [0.717, 1.165) is 28.6 Å². The third-order valence-electron chi connectivity index (χ3n) is 4.17. The van der Waals surface area contributed by atoms with E-state index in [4.69, 9.17) is 4.74 Å². The van der Waals surface area contributed by atoms with Gasteiger partial charge in [0.15, 0.2) is 0 Å². The van der Waals surface area contributed by atoms with E-state index in [1.807, 2.05) is 18.2 Å². The van der Waals surface area contributed by atoms with Crippen LogP contribution in [-0.2, 0) is 16.0 Å². The molecule has 0 saturated carbocycles. The van der Waals surface area contributed by atoms with Gasteiger partial charge in [-0.05, 0) is 36.6 Å². The summed E-state index contributed by atoms with van der Waals surface area (Å²) in [6, 6.07) is 4.95. The van der Waals surface area contributed by atoms with Crippen molar-refractivity contribution in [2.75, 3.05) is 13.7 Å². The first-order valence-corrected chi connectivity index (χ1v) is 7.26. The second-order valence-corrected chi connectivity index (χ2v) is 5.49. The van der Waals surface area contributed by atoms with Gasteiger partial charge in [-0.2, -0.15) is 0 Å². The van der Waals surface area contributed by atoms with E-state index in [9.17, 15) is 14.7 Å². The topological polar surface area (TPSA) is 82.6 Å². The Morgan fingerprint density at radius 2 is 2.27 bits per heavy atom. The molecule has 6 nitrogen and oxygen atoms in total. The van der Waals surface area contributed by atoms with Crippen LogP contribution in [0.3, 0.4) is 0 Å². The molecule has 116 valence electrons. The van der Waals surface area contributed by atoms with E-state index in [-0.39, 0.29) is 12.3 Å². The molecule has 22 heavy (non-hydrogen) atoms. The number of nitrogens with one attached hydrogen (secondary N) is 1. The Balaban J connectivity index is 1.83. The Bertz CT molecular complexity index is 722. The fourth-order valence-electron chi connectivity index (χ4n) is 3.02. The van der Waals surface area contributed by atoms with Gasteiger partial charge in [-0.1, -0.05) is 0 Å². The smallest absolute Gasteiger partial charge is 0.326 e. The van der Waals surface area contributed by atoms with Crippen LogP contribution in [0, 0.1) is 0 Å². The van der Waals surface area contributed by atoms with Gasteiger partial charge >= 0.3 is 5.97 Å². The zero-order valence-electron chi connectivity index (χ0n) is 12.3. The third-order valence-corrected chi connectivity index (χ3v) is 4.17. The van der Waals surface area contributed by atoms with Gasteiger partial charge in [0, 0.05) is 23.6 Å². The van der Waals surface area contributed by atoms with Crippen LogP contribution in [0.5, 0.6) is 5.75 Å². The first-order valence-electron chi connectivity index (χ1n) is 7.26. The minimum atomic E-state index is -0.925. The number of amides is 1. The van der Waals surface area contributed by atoms with Gasteiger partial charge in [0.05, 0.1) is 13.5 Å². The SMILES string of the molecule is COc1ccc2[nH]cc(CC(=O)N3CCCC3C(=O)O)c2c1. The Kier molecular flexibility index (Phi) is 3.75. The van der Waals surface area contributed by atoms with Crippen LogP contribution in [0.4, 0.5) is 0 Å². The van der Waals surface area contributed by atoms with Gasteiger partial charge < -0.3 is 19.7 Å². The zero-order valence-corrected chi connectivity index (χ0v) is 12.3. The summed E-state index contributed by atoms with van der Waals surface area (Å²) in [5.41, 5.74) is 1.79. The van der Waals surface area contributed by atoms with Crippen molar-refractivity contribution in [3.8, 4) is 5.75 Å². The summed E-state index contributed by atoms with van der Waals surface area (Å²) in [6.45, 7) is 0.515. The fraction of sp³-hybridized carbons (Fsp3) is 0.375. The van der Waals surface area contributed by atoms with Crippen molar-refractivity contribution in [1.82, 2.24) is 9.88 Å². The van der Waals surface area contributed by atoms with E-state index in [0.29, 0.717) is 13.0 Å². The number of nitrogens with zero attached hydrogens (tertiary/aromatic N) is 1. The number of ether oxygens (including phenoxy) is 1. The molecular formula is C16H18N2O4. The van der Waals surface area contributed by atoms with Crippen molar-refractivity contribution in [2.45, 2.75) is 25.3 Å². The third kappa shape index (κ3) is 2.52. The molecule has 1 aromatic carbocycles. The van der Waals surface area contributed by atoms with Gasteiger partial charge in [-0.25, -0.2) is 4.79 Å². The monoisotopic (exact) mass is 302 g/mol. The summed E-state index contributed by atoms with van der Waals surface area (Å²) in [5.74, 6) is -0.342. The molecular weight excluding hydrogens is 284 g/mol. The average molecular weight is 302 g/mol. The maximum atomic E-state index is 12.4. The number of likely N-dealkylation sites (tertiary alicyclic amines) is 1. The number of carboxylic acid groups (broad SMARTS) is 1. The van der Waals surface area contributed by atoms with E-state index in [1.54, 1.807) is 13.3 Å². The lowest BCUT2D eigenvalue weighted by atomic mass is 10.1. The minimum Gasteiger partial charge on any atom is -0.497 e. The van der Waals surface area contributed by atoms with Crippen molar-refractivity contribution in [2.24, 2.45) is 0 Å². The van der Waals surface area contributed by atoms with E-state index in [1.165, 1.54) is 4.90 Å². The number of aromatic amines is 1. The van der Waals surface area contributed by atoms with Crippen LogP contribution < -0.4 is 4.74 Å². The summed E-state index contributed by atoms with van der Waals surface area (Å²) >= 11 is 0. The lowest BCUT2D eigenvalue weighted by Gasteiger charge is -2.21. The maximum absolute atomic E-state index is 12.4. The second kappa shape index (κ2) is 5.71. The number of H-pyrrole nitrogens is 1. The highest BCUT2D eigenvalue weighted by molar-refractivity contribution is 5.91. The number of carbonyl (C=O) groups excluding carboxylic acids is 1. The summed E-state index contributed by atoms with van der Waals surface area (Å²) < 4.78 is 5.21. The predicted octanol–water partition coefficient (Wildman–Crippen LogP) is 1.79. The predicted molar refractivity (Wildman–Crippen MR) is 80.9 cm³/mol. The Morgan fingerprint density at radius 3 is 3.00 bits per heavy atom. The van der Waals surface area contributed by atoms with Crippen LogP contribution in [-0.4, -0.2) is 46.6 Å². The molecule has 0 aliphatic carbocycles. The molecule has 0 spiro atoms. The van der Waals surface area contributed by atoms with E-state index in [2.05, 4.69) is 4.98 Å². The number of hydrogen-bond donors (Lipinski definition) is 2. The molecule has 0 bridgehead atoms. The highest BCUT2D eigenvalue weighted by atomic mass is 16.5. The molecule has 2 heterocycles. The molecule has 1 atom stereocenters. The molecule has 6 heteroatoms. The van der Waals surface area contributed by atoms with Crippen LogP contribution in [0.2, 0.25) is 0 Å². The Labute approximate surface area is 127 Å². The number of aromatic nitrogens is 1. The largest absolute Gasteiger partial charge is 0.497 e. The summed E-state index contributed by atoms with van der Waals surface area (Å²) in [6.07, 6.45) is 3.26. The molecule has 2 aromatic rings. The number of carboxylic acids is 1. The Morgan fingerprint density at radius 1 is 1.45 bits per heavy atom. The van der Waals surface area contributed by atoms with Crippen molar-refractivity contribution in [3.05, 3.63) is 30.0 Å².